The van der Waals surface area contributed by atoms with E-state index in [1.54, 1.807) is 0 Å². The average molecular weight is 374 g/mol. The van der Waals surface area contributed by atoms with E-state index in [0.717, 1.165) is 19.4 Å². The lowest BCUT2D eigenvalue weighted by Gasteiger charge is -2.28. The lowest BCUT2D eigenvalue weighted by molar-refractivity contribution is -0.135. The first-order chi connectivity index (χ1) is 11.2. The van der Waals surface area contributed by atoms with Crippen LogP contribution in [0.15, 0.2) is 30.3 Å². The molecule has 1 aliphatic heterocycles. The molecule has 1 fully saturated rings. The van der Waals surface area contributed by atoms with Gasteiger partial charge in [-0.25, -0.2) is 0 Å². The van der Waals surface area contributed by atoms with Crippen molar-refractivity contribution in [3.8, 4) is 0 Å². The monoisotopic (exact) mass is 373 g/mol. The molecule has 7 heteroatoms. The summed E-state index contributed by atoms with van der Waals surface area (Å²) < 4.78 is 0. The third-order valence-electron chi connectivity index (χ3n) is 2.48. The van der Waals surface area contributed by atoms with Gasteiger partial charge < -0.3 is 20.6 Å². The van der Waals surface area contributed by atoms with Crippen molar-refractivity contribution in [1.29, 1.82) is 0 Å². The summed E-state index contributed by atoms with van der Waals surface area (Å²) >= 11 is 0. The maximum absolute atomic E-state index is 9.00. The molecule has 0 saturated carbocycles. The van der Waals surface area contributed by atoms with Crippen molar-refractivity contribution in [3.63, 3.8) is 0 Å². The van der Waals surface area contributed by atoms with E-state index in [9.17, 15) is 0 Å². The van der Waals surface area contributed by atoms with E-state index in [2.05, 4.69) is 49.1 Å². The van der Waals surface area contributed by atoms with Gasteiger partial charge in [0.1, 0.15) is 0 Å². The molecule has 2 rings (SSSR count). The van der Waals surface area contributed by atoms with Crippen LogP contribution < -0.4 is 4.90 Å². The highest BCUT2D eigenvalue weighted by molar-refractivity contribution is 6.10. The highest BCUT2D eigenvalue weighted by Gasteiger charge is 2.09. The summed E-state index contributed by atoms with van der Waals surface area (Å²) in [6, 6.07) is 10.7. The number of para-hydroxylation sites is 1. The number of benzene rings is 1. The maximum atomic E-state index is 9.00. The maximum Gasteiger partial charge on any atom is 0.300 e. The van der Waals surface area contributed by atoms with Crippen LogP contribution in [0.3, 0.4) is 0 Å². The number of hydrogen-bond donors (Lipinski definition) is 2. The Hall–Kier alpha value is -1.86. The van der Waals surface area contributed by atoms with E-state index in [4.69, 9.17) is 19.8 Å². The predicted octanol–water partition coefficient (Wildman–Crippen LogP) is 2.21. The van der Waals surface area contributed by atoms with Crippen LogP contribution in [-0.4, -0.2) is 51.0 Å². The molecule has 0 unspecified atom stereocenters. The molecular formula is C18H35NO5Si. The summed E-state index contributed by atoms with van der Waals surface area (Å²) in [5.74, 6) is -1.67. The smallest absolute Gasteiger partial charge is 0.300 e. The Balaban J connectivity index is -0.000000314. The number of carbonyl (C=O) groups is 2. The Labute approximate surface area is 154 Å². The first-order valence-electron chi connectivity index (χ1n) is 8.35. The molecule has 1 aliphatic rings. The minimum atomic E-state index is -0.833. The zero-order valence-electron chi connectivity index (χ0n) is 16.2. The summed E-state index contributed by atoms with van der Waals surface area (Å²) in [5, 5.41) is 14.8. The average Bonchev–Trinajstić information content (AvgIpc) is 2.47. The van der Waals surface area contributed by atoms with E-state index >= 15 is 0 Å². The van der Waals surface area contributed by atoms with E-state index in [0.29, 0.717) is 0 Å². The topological polar surface area (TPSA) is 109 Å². The number of piperidine rings is 1. The fraction of sp³-hybridized carbons (Fsp3) is 0.556. The molecule has 1 heterocycles. The van der Waals surface area contributed by atoms with Crippen LogP contribution in [0, 0.1) is 0 Å². The van der Waals surface area contributed by atoms with Crippen molar-refractivity contribution in [2.75, 3.05) is 18.0 Å². The molecule has 0 radical (unpaired) electrons. The molecule has 146 valence electrons. The molecule has 25 heavy (non-hydrogen) atoms. The lowest BCUT2D eigenvalue weighted by Crippen LogP contribution is -2.29. The second kappa shape index (κ2) is 18.5. The Bertz CT molecular complexity index is 412. The standard InChI is InChI=1S/C11H15N.C3H10Si.2C2H4O2.H2O/c1-3-7-11(8-4-1)12-9-5-2-6-10-12;1-3(2)4;2*1-2(3)4;/h1,3-4,7-8H,2,5-6,9-10H2;3H,1-2,4H3;2*1H3,(H,3,4);1H2. The van der Waals surface area contributed by atoms with Gasteiger partial charge in [-0.05, 0) is 31.4 Å². The minimum absolute atomic E-state index is 0. The van der Waals surface area contributed by atoms with E-state index < -0.39 is 11.9 Å². The van der Waals surface area contributed by atoms with Crippen LogP contribution >= 0.6 is 0 Å². The van der Waals surface area contributed by atoms with Crippen LogP contribution in [-0.2, 0) is 9.59 Å². The molecule has 6 nitrogen and oxygen atoms in total. The van der Waals surface area contributed by atoms with Crippen molar-refractivity contribution in [2.24, 2.45) is 0 Å². The summed E-state index contributed by atoms with van der Waals surface area (Å²) in [6.07, 6.45) is 4.12. The van der Waals surface area contributed by atoms with Crippen LogP contribution in [0.1, 0.15) is 47.0 Å². The van der Waals surface area contributed by atoms with E-state index in [1.807, 2.05) is 0 Å². The number of carboxylic acid groups (broad SMARTS) is 2. The molecule has 0 aromatic heterocycles. The van der Waals surface area contributed by atoms with Gasteiger partial charge in [0.25, 0.3) is 11.9 Å². The van der Waals surface area contributed by atoms with Gasteiger partial charge in [0.15, 0.2) is 0 Å². The third kappa shape index (κ3) is 27.3. The predicted molar refractivity (Wildman–Crippen MR) is 108 cm³/mol. The highest BCUT2D eigenvalue weighted by atomic mass is 28.1. The highest BCUT2D eigenvalue weighted by Crippen LogP contribution is 2.18. The minimum Gasteiger partial charge on any atom is -0.481 e. The Morgan fingerprint density at radius 1 is 0.960 bits per heavy atom. The largest absolute Gasteiger partial charge is 0.481 e. The van der Waals surface area contributed by atoms with Gasteiger partial charge in [0.2, 0.25) is 0 Å². The van der Waals surface area contributed by atoms with Crippen LogP contribution in [0.25, 0.3) is 0 Å². The van der Waals surface area contributed by atoms with Crippen molar-refractivity contribution in [3.05, 3.63) is 30.3 Å². The Kier molecular flexibility index (Phi) is 20.7. The molecule has 0 bridgehead atoms. The van der Waals surface area contributed by atoms with Crippen LogP contribution in [0.5, 0.6) is 0 Å². The zero-order valence-corrected chi connectivity index (χ0v) is 18.2. The van der Waals surface area contributed by atoms with Gasteiger partial charge in [0, 0.05) is 42.9 Å². The summed E-state index contributed by atoms with van der Waals surface area (Å²) in [6.45, 7) is 9.10. The molecule has 0 spiro atoms. The van der Waals surface area contributed by atoms with Gasteiger partial charge in [-0.1, -0.05) is 37.6 Å². The van der Waals surface area contributed by atoms with Gasteiger partial charge >= 0.3 is 0 Å². The molecule has 1 aromatic rings. The van der Waals surface area contributed by atoms with Crippen LogP contribution in [0.4, 0.5) is 5.69 Å². The van der Waals surface area contributed by atoms with Crippen molar-refractivity contribution in [1.82, 2.24) is 0 Å². The molecular weight excluding hydrogens is 338 g/mol. The van der Waals surface area contributed by atoms with Crippen molar-refractivity contribution < 1.29 is 25.3 Å². The molecule has 0 amide bonds. The summed E-state index contributed by atoms with van der Waals surface area (Å²) in [5.41, 5.74) is 2.36. The molecule has 0 aliphatic carbocycles. The van der Waals surface area contributed by atoms with Crippen molar-refractivity contribution in [2.45, 2.75) is 52.5 Å². The molecule has 0 atom stereocenters. The number of nitrogens with zero attached hydrogens (tertiary/aromatic N) is 1. The van der Waals surface area contributed by atoms with Crippen molar-refractivity contribution >= 4 is 27.9 Å². The first kappa shape index (κ1) is 28.0. The van der Waals surface area contributed by atoms with Gasteiger partial charge in [-0.2, -0.15) is 0 Å². The van der Waals surface area contributed by atoms with E-state index in [1.165, 1.54) is 48.3 Å². The zero-order chi connectivity index (χ0) is 19.0. The first-order valence-corrected chi connectivity index (χ1v) is 9.51. The summed E-state index contributed by atoms with van der Waals surface area (Å²) in [7, 11) is 1.35. The van der Waals surface area contributed by atoms with Gasteiger partial charge in [-0.3, -0.25) is 9.59 Å². The molecule has 1 saturated heterocycles. The van der Waals surface area contributed by atoms with Gasteiger partial charge in [-0.15, -0.1) is 0 Å². The fourth-order valence-corrected chi connectivity index (χ4v) is 1.79. The van der Waals surface area contributed by atoms with Gasteiger partial charge in [0.05, 0.1) is 0 Å². The third-order valence-corrected chi connectivity index (χ3v) is 2.48. The van der Waals surface area contributed by atoms with Crippen LogP contribution in [0.2, 0.25) is 5.54 Å². The second-order valence-corrected chi connectivity index (χ2v) is 8.46. The SMILES string of the molecule is CC(=O)O.CC(=O)O.CC(C)[SiH3].O.c1ccc(N2CCCCC2)cc1. The number of hydrogen-bond acceptors (Lipinski definition) is 3. The molecule has 1 aromatic carbocycles. The Morgan fingerprint density at radius 3 is 1.60 bits per heavy atom. The number of aliphatic carboxylic acids is 2. The summed E-state index contributed by atoms with van der Waals surface area (Å²) in [4.78, 5) is 20.5. The van der Waals surface area contributed by atoms with E-state index in [-0.39, 0.29) is 5.48 Å². The normalized spacial score (nSPS) is 12.1. The number of rotatable bonds is 1. The number of anilines is 1. The second-order valence-electron chi connectivity index (χ2n) is 6.15. The Morgan fingerprint density at radius 2 is 1.28 bits per heavy atom. The quantitative estimate of drug-likeness (QED) is 0.734. The lowest BCUT2D eigenvalue weighted by atomic mass is 10.1. The fourth-order valence-electron chi connectivity index (χ4n) is 1.79. The molecule has 4 N–H and O–H groups in total. The number of carboxylic acids is 2.